The predicted molar refractivity (Wildman–Crippen MR) is 105 cm³/mol. The van der Waals surface area contributed by atoms with Crippen LogP contribution < -0.4 is 14.4 Å². The SMILES string of the molecule is CCS(=O)(=O)[N+]1(c2ccc(Oc3ccccc3)cc2)C=C(CN)C=CC1. The summed E-state index contributed by atoms with van der Waals surface area (Å²) < 4.78 is 31.4. The molecule has 1 heterocycles. The van der Waals surface area contributed by atoms with Crippen molar-refractivity contribution in [3.63, 3.8) is 0 Å². The second kappa shape index (κ2) is 7.45. The lowest BCUT2D eigenvalue weighted by atomic mass is 10.2. The molecule has 6 heteroatoms. The minimum Gasteiger partial charge on any atom is -0.457 e. The first-order chi connectivity index (χ1) is 12.5. The molecule has 1 unspecified atom stereocenters. The Morgan fingerprint density at radius 3 is 2.31 bits per heavy atom. The van der Waals surface area contributed by atoms with Crippen LogP contribution >= 0.6 is 0 Å². The van der Waals surface area contributed by atoms with Crippen molar-refractivity contribution in [1.82, 2.24) is 3.89 Å². The average molecular weight is 371 g/mol. The summed E-state index contributed by atoms with van der Waals surface area (Å²) >= 11 is 0. The highest BCUT2D eigenvalue weighted by molar-refractivity contribution is 7.91. The summed E-state index contributed by atoms with van der Waals surface area (Å²) in [5.41, 5.74) is 7.23. The number of hydrogen-bond donors (Lipinski definition) is 1. The van der Waals surface area contributed by atoms with Gasteiger partial charge in [-0.1, -0.05) is 24.3 Å². The number of nitrogens with zero attached hydrogens (tertiary/aromatic N) is 1. The summed E-state index contributed by atoms with van der Waals surface area (Å²) in [4.78, 5) is 0. The number of nitrogens with two attached hydrogens (primary N) is 1. The van der Waals surface area contributed by atoms with E-state index in [9.17, 15) is 8.42 Å². The molecule has 2 N–H and O–H groups in total. The third kappa shape index (κ3) is 3.44. The van der Waals surface area contributed by atoms with E-state index in [2.05, 4.69) is 0 Å². The summed E-state index contributed by atoms with van der Waals surface area (Å²) in [7, 11) is -3.44. The van der Waals surface area contributed by atoms with Gasteiger partial charge in [0, 0.05) is 24.3 Å². The molecular formula is C20H23N2O3S+. The number of quaternary nitrogens is 1. The average Bonchev–Trinajstić information content (AvgIpc) is 2.69. The Balaban J connectivity index is 1.98. The van der Waals surface area contributed by atoms with E-state index in [0.717, 1.165) is 11.3 Å². The van der Waals surface area contributed by atoms with Gasteiger partial charge in [-0.2, -0.15) is 12.3 Å². The van der Waals surface area contributed by atoms with E-state index in [1.54, 1.807) is 37.4 Å². The molecule has 0 aromatic heterocycles. The summed E-state index contributed by atoms with van der Waals surface area (Å²) in [5.74, 6) is 1.43. The van der Waals surface area contributed by atoms with Crippen molar-refractivity contribution in [2.45, 2.75) is 6.92 Å². The molecule has 136 valence electrons. The zero-order valence-electron chi connectivity index (χ0n) is 14.7. The van der Waals surface area contributed by atoms with Crippen molar-refractivity contribution in [3.05, 3.63) is 78.5 Å². The van der Waals surface area contributed by atoms with E-state index < -0.39 is 10.0 Å². The van der Waals surface area contributed by atoms with Gasteiger partial charge in [0.25, 0.3) is 0 Å². The van der Waals surface area contributed by atoms with Gasteiger partial charge in [0.15, 0.2) is 5.69 Å². The van der Waals surface area contributed by atoms with E-state index in [4.69, 9.17) is 10.5 Å². The zero-order chi connectivity index (χ0) is 18.6. The third-order valence-electron chi connectivity index (χ3n) is 4.43. The molecule has 0 radical (unpaired) electrons. The van der Waals surface area contributed by atoms with Crippen LogP contribution in [0.5, 0.6) is 11.5 Å². The molecular weight excluding hydrogens is 348 g/mol. The van der Waals surface area contributed by atoms with Gasteiger partial charge >= 0.3 is 10.0 Å². The van der Waals surface area contributed by atoms with Crippen LogP contribution in [0.15, 0.2) is 78.5 Å². The van der Waals surface area contributed by atoms with Gasteiger partial charge in [-0.15, -0.1) is 0 Å². The van der Waals surface area contributed by atoms with Crippen LogP contribution in [0.1, 0.15) is 6.92 Å². The molecule has 0 aliphatic carbocycles. The van der Waals surface area contributed by atoms with Gasteiger partial charge in [0.2, 0.25) is 0 Å². The maximum atomic E-state index is 12.9. The minimum atomic E-state index is -3.44. The molecule has 2 aromatic carbocycles. The van der Waals surface area contributed by atoms with Gasteiger partial charge in [0.1, 0.15) is 24.2 Å². The van der Waals surface area contributed by atoms with E-state index >= 15 is 0 Å². The molecule has 1 aliphatic heterocycles. The smallest absolute Gasteiger partial charge is 0.306 e. The first kappa shape index (κ1) is 18.4. The van der Waals surface area contributed by atoms with Crippen LogP contribution in [0.2, 0.25) is 0 Å². The number of ether oxygens (including phenoxy) is 1. The summed E-state index contributed by atoms with van der Waals surface area (Å²) in [6.45, 7) is 2.31. The number of hydrogen-bond acceptors (Lipinski definition) is 4. The Kier molecular flexibility index (Phi) is 5.27. The Morgan fingerprint density at radius 1 is 1.04 bits per heavy atom. The first-order valence-electron chi connectivity index (χ1n) is 8.53. The fourth-order valence-corrected chi connectivity index (χ4v) is 4.51. The molecule has 0 saturated carbocycles. The second-order valence-corrected chi connectivity index (χ2v) is 8.46. The fourth-order valence-electron chi connectivity index (χ4n) is 3.00. The lowest BCUT2D eigenvalue weighted by Gasteiger charge is -2.34. The van der Waals surface area contributed by atoms with Crippen molar-refractivity contribution in [2.75, 3.05) is 18.8 Å². The first-order valence-corrected chi connectivity index (χ1v) is 10.1. The lowest BCUT2D eigenvalue weighted by molar-refractivity contribution is 0.481. The number of rotatable bonds is 6. The van der Waals surface area contributed by atoms with Gasteiger partial charge in [-0.25, -0.2) is 0 Å². The van der Waals surface area contributed by atoms with Crippen LogP contribution in [0, 0.1) is 0 Å². The van der Waals surface area contributed by atoms with Gasteiger partial charge in [0.05, 0.1) is 5.75 Å². The van der Waals surface area contributed by atoms with Crippen molar-refractivity contribution >= 4 is 15.7 Å². The molecule has 0 bridgehead atoms. The number of sulfonamides is 1. The molecule has 26 heavy (non-hydrogen) atoms. The summed E-state index contributed by atoms with van der Waals surface area (Å²) in [6.07, 6.45) is 5.49. The Morgan fingerprint density at radius 2 is 1.69 bits per heavy atom. The normalized spacial score (nSPS) is 19.8. The number of benzene rings is 2. The zero-order valence-corrected chi connectivity index (χ0v) is 15.5. The van der Waals surface area contributed by atoms with Crippen LogP contribution in [0.25, 0.3) is 0 Å². The maximum absolute atomic E-state index is 12.9. The van der Waals surface area contributed by atoms with Crippen molar-refractivity contribution in [1.29, 1.82) is 0 Å². The summed E-state index contributed by atoms with van der Waals surface area (Å²) in [6, 6.07) is 16.6. The Labute approximate surface area is 154 Å². The van der Waals surface area contributed by atoms with E-state index in [-0.39, 0.29) is 9.64 Å². The monoisotopic (exact) mass is 371 g/mol. The van der Waals surface area contributed by atoms with Crippen molar-refractivity contribution < 1.29 is 13.2 Å². The standard InChI is InChI=1S/C20H23N2O3S/c1-2-26(23,24)22(14-6-7-17(15-21)16-22)18-10-12-20(13-11-18)25-19-8-4-3-5-9-19/h3-13,16H,2,14-15,21H2,1H3/q+1. The van der Waals surface area contributed by atoms with Crippen LogP contribution in [-0.2, 0) is 10.0 Å². The highest BCUT2D eigenvalue weighted by Gasteiger charge is 2.42. The van der Waals surface area contributed by atoms with Gasteiger partial charge in [-0.3, -0.25) is 0 Å². The van der Waals surface area contributed by atoms with E-state index in [1.165, 1.54) is 0 Å². The molecule has 0 saturated heterocycles. The molecule has 3 rings (SSSR count). The fraction of sp³-hybridized carbons (Fsp3) is 0.200. The molecule has 0 amide bonds. The summed E-state index contributed by atoms with van der Waals surface area (Å²) in [5, 5.41) is 0. The highest BCUT2D eigenvalue weighted by atomic mass is 32.2. The van der Waals surface area contributed by atoms with E-state index in [0.29, 0.717) is 24.5 Å². The van der Waals surface area contributed by atoms with E-state index in [1.807, 2.05) is 42.5 Å². The molecule has 0 fully saturated rings. The van der Waals surface area contributed by atoms with Crippen LogP contribution in [-0.4, -0.2) is 27.3 Å². The third-order valence-corrected chi connectivity index (χ3v) is 6.62. The molecule has 1 aliphatic rings. The topological polar surface area (TPSA) is 69.4 Å². The second-order valence-electron chi connectivity index (χ2n) is 6.07. The number of para-hydroxylation sites is 1. The largest absolute Gasteiger partial charge is 0.457 e. The van der Waals surface area contributed by atoms with Gasteiger partial charge < -0.3 is 10.5 Å². The highest BCUT2D eigenvalue weighted by Crippen LogP contribution is 2.34. The van der Waals surface area contributed by atoms with Crippen molar-refractivity contribution in [2.24, 2.45) is 5.73 Å². The quantitative estimate of drug-likeness (QED) is 0.789. The van der Waals surface area contributed by atoms with Gasteiger partial charge in [-0.05, 0) is 37.3 Å². The maximum Gasteiger partial charge on any atom is 0.306 e. The Hall–Kier alpha value is -2.41. The van der Waals surface area contributed by atoms with Crippen LogP contribution in [0.4, 0.5) is 5.69 Å². The minimum absolute atomic E-state index is 0.0391. The molecule has 2 aromatic rings. The Bertz CT molecular complexity index is 919. The molecule has 0 spiro atoms. The lowest BCUT2D eigenvalue weighted by Crippen LogP contribution is -2.51. The molecule has 5 nitrogen and oxygen atoms in total. The van der Waals surface area contributed by atoms with Crippen LogP contribution in [0.3, 0.4) is 0 Å². The molecule has 1 atom stereocenters. The van der Waals surface area contributed by atoms with Crippen molar-refractivity contribution in [3.8, 4) is 11.5 Å². The predicted octanol–water partition coefficient (Wildman–Crippen LogP) is 3.55.